The molecule has 0 heterocycles. The fraction of sp³-hybridized carbons (Fsp3) is 1.00. The summed E-state index contributed by atoms with van der Waals surface area (Å²) < 4.78 is 5.37. The lowest BCUT2D eigenvalue weighted by Crippen LogP contribution is -2.46. The van der Waals surface area contributed by atoms with Crippen LogP contribution in [0.15, 0.2) is 0 Å². The highest BCUT2D eigenvalue weighted by atomic mass is 16.5. The summed E-state index contributed by atoms with van der Waals surface area (Å²) in [5.41, 5.74) is 5.56. The second-order valence-corrected chi connectivity index (χ2v) is 3.35. The van der Waals surface area contributed by atoms with Gasteiger partial charge >= 0.3 is 0 Å². The Morgan fingerprint density at radius 2 is 2.20 bits per heavy atom. The predicted molar refractivity (Wildman–Crippen MR) is 41.8 cm³/mol. The summed E-state index contributed by atoms with van der Waals surface area (Å²) in [5.74, 6) is 0.711. The minimum absolute atomic E-state index is 0.0434. The lowest BCUT2D eigenvalue weighted by molar-refractivity contribution is -0.0624. The SMILES string of the molecule is COC(C)(CN)C1CCC1. The number of ether oxygens (including phenoxy) is 1. The van der Waals surface area contributed by atoms with Crippen LogP contribution in [0.5, 0.6) is 0 Å². The van der Waals surface area contributed by atoms with Gasteiger partial charge in [-0.05, 0) is 25.7 Å². The van der Waals surface area contributed by atoms with E-state index in [2.05, 4.69) is 6.92 Å². The van der Waals surface area contributed by atoms with Crippen molar-refractivity contribution in [2.45, 2.75) is 31.8 Å². The normalized spacial score (nSPS) is 25.5. The molecule has 0 bridgehead atoms. The number of hydrogen-bond donors (Lipinski definition) is 1. The molecule has 1 saturated carbocycles. The maximum atomic E-state index is 5.60. The van der Waals surface area contributed by atoms with E-state index in [1.807, 2.05) is 0 Å². The Morgan fingerprint density at radius 1 is 1.60 bits per heavy atom. The van der Waals surface area contributed by atoms with Crippen molar-refractivity contribution in [2.24, 2.45) is 11.7 Å². The van der Waals surface area contributed by atoms with Crippen LogP contribution in [0.2, 0.25) is 0 Å². The summed E-state index contributed by atoms with van der Waals surface area (Å²) in [6, 6.07) is 0. The molecule has 1 fully saturated rings. The van der Waals surface area contributed by atoms with E-state index in [4.69, 9.17) is 10.5 Å². The highest BCUT2D eigenvalue weighted by Gasteiger charge is 2.36. The van der Waals surface area contributed by atoms with Crippen LogP contribution >= 0.6 is 0 Å². The summed E-state index contributed by atoms with van der Waals surface area (Å²) >= 11 is 0. The van der Waals surface area contributed by atoms with Crippen LogP contribution in [-0.4, -0.2) is 19.3 Å². The lowest BCUT2D eigenvalue weighted by Gasteiger charge is -2.41. The quantitative estimate of drug-likeness (QED) is 0.643. The maximum Gasteiger partial charge on any atom is 0.0800 e. The van der Waals surface area contributed by atoms with Gasteiger partial charge in [0.25, 0.3) is 0 Å². The number of hydrogen-bond acceptors (Lipinski definition) is 2. The molecule has 1 aliphatic rings. The van der Waals surface area contributed by atoms with Crippen molar-refractivity contribution in [1.29, 1.82) is 0 Å². The molecule has 0 amide bonds. The number of rotatable bonds is 3. The third-order valence-electron chi connectivity index (χ3n) is 2.84. The molecule has 2 nitrogen and oxygen atoms in total. The molecule has 0 radical (unpaired) electrons. The second kappa shape index (κ2) is 2.89. The maximum absolute atomic E-state index is 5.60. The Bertz CT molecular complexity index is 106. The van der Waals surface area contributed by atoms with E-state index >= 15 is 0 Å². The molecule has 0 spiro atoms. The van der Waals surface area contributed by atoms with Gasteiger partial charge in [0, 0.05) is 13.7 Å². The Morgan fingerprint density at radius 3 is 2.30 bits per heavy atom. The molecule has 60 valence electrons. The van der Waals surface area contributed by atoms with Gasteiger partial charge in [-0.15, -0.1) is 0 Å². The zero-order chi connectivity index (χ0) is 7.61. The molecule has 10 heavy (non-hydrogen) atoms. The molecule has 1 aliphatic carbocycles. The molecule has 1 rings (SSSR count). The van der Waals surface area contributed by atoms with Gasteiger partial charge in [0.15, 0.2) is 0 Å². The largest absolute Gasteiger partial charge is 0.377 e. The second-order valence-electron chi connectivity index (χ2n) is 3.35. The topological polar surface area (TPSA) is 35.2 Å². The van der Waals surface area contributed by atoms with Crippen LogP contribution in [0.4, 0.5) is 0 Å². The molecule has 0 aromatic heterocycles. The van der Waals surface area contributed by atoms with Gasteiger partial charge in [-0.1, -0.05) is 6.42 Å². The smallest absolute Gasteiger partial charge is 0.0800 e. The first-order valence-corrected chi connectivity index (χ1v) is 3.98. The van der Waals surface area contributed by atoms with E-state index in [-0.39, 0.29) is 5.60 Å². The van der Waals surface area contributed by atoms with E-state index in [9.17, 15) is 0 Å². The minimum atomic E-state index is -0.0434. The average Bonchev–Trinajstić information content (AvgIpc) is 1.84. The summed E-state index contributed by atoms with van der Waals surface area (Å²) in [4.78, 5) is 0. The molecule has 0 aromatic rings. The van der Waals surface area contributed by atoms with Crippen LogP contribution in [0.3, 0.4) is 0 Å². The Hall–Kier alpha value is -0.0800. The van der Waals surface area contributed by atoms with Crippen LogP contribution in [0, 0.1) is 5.92 Å². The van der Waals surface area contributed by atoms with E-state index in [1.54, 1.807) is 7.11 Å². The number of nitrogens with two attached hydrogens (primary N) is 1. The average molecular weight is 143 g/mol. The van der Waals surface area contributed by atoms with Crippen molar-refractivity contribution in [3.8, 4) is 0 Å². The van der Waals surface area contributed by atoms with Gasteiger partial charge in [-0.3, -0.25) is 0 Å². The Kier molecular flexibility index (Phi) is 2.32. The van der Waals surface area contributed by atoms with Crippen molar-refractivity contribution >= 4 is 0 Å². The third kappa shape index (κ3) is 1.18. The van der Waals surface area contributed by atoms with Crippen molar-refractivity contribution in [3.63, 3.8) is 0 Å². The fourth-order valence-corrected chi connectivity index (χ4v) is 1.44. The predicted octanol–water partition coefficient (Wildman–Crippen LogP) is 1.15. The summed E-state index contributed by atoms with van der Waals surface area (Å²) in [7, 11) is 1.76. The van der Waals surface area contributed by atoms with E-state index < -0.39 is 0 Å². The first-order chi connectivity index (χ1) is 4.73. The lowest BCUT2D eigenvalue weighted by atomic mass is 9.73. The molecule has 1 unspecified atom stereocenters. The molecule has 0 saturated heterocycles. The van der Waals surface area contributed by atoms with Gasteiger partial charge < -0.3 is 10.5 Å². The van der Waals surface area contributed by atoms with Crippen molar-refractivity contribution < 1.29 is 4.74 Å². The zero-order valence-corrected chi connectivity index (χ0v) is 6.89. The Labute approximate surface area is 62.7 Å². The van der Waals surface area contributed by atoms with Gasteiger partial charge in [0.05, 0.1) is 5.60 Å². The van der Waals surface area contributed by atoms with Gasteiger partial charge in [-0.25, -0.2) is 0 Å². The number of methoxy groups -OCH3 is 1. The van der Waals surface area contributed by atoms with Crippen LogP contribution in [0.25, 0.3) is 0 Å². The first kappa shape index (κ1) is 8.02. The van der Waals surface area contributed by atoms with Crippen molar-refractivity contribution in [2.75, 3.05) is 13.7 Å². The zero-order valence-electron chi connectivity index (χ0n) is 6.89. The first-order valence-electron chi connectivity index (χ1n) is 3.98. The molecular weight excluding hydrogens is 126 g/mol. The molecule has 0 aromatic carbocycles. The van der Waals surface area contributed by atoms with Crippen molar-refractivity contribution in [3.05, 3.63) is 0 Å². The minimum Gasteiger partial charge on any atom is -0.377 e. The molecular formula is C8H17NO. The van der Waals surface area contributed by atoms with Crippen molar-refractivity contribution in [1.82, 2.24) is 0 Å². The monoisotopic (exact) mass is 143 g/mol. The molecule has 2 heteroatoms. The highest BCUT2D eigenvalue weighted by Crippen LogP contribution is 2.37. The van der Waals surface area contributed by atoms with Gasteiger partial charge in [0.2, 0.25) is 0 Å². The van der Waals surface area contributed by atoms with Crippen LogP contribution in [0.1, 0.15) is 26.2 Å². The fourth-order valence-electron chi connectivity index (χ4n) is 1.44. The standard InChI is InChI=1S/C8H17NO/c1-8(6-9,10-2)7-4-3-5-7/h7H,3-6,9H2,1-2H3. The van der Waals surface area contributed by atoms with Gasteiger partial charge in [-0.2, -0.15) is 0 Å². The molecule has 1 atom stereocenters. The molecule has 2 N–H and O–H groups in total. The van der Waals surface area contributed by atoms with E-state index in [0.29, 0.717) is 12.5 Å². The summed E-state index contributed by atoms with van der Waals surface area (Å²) in [6.45, 7) is 2.75. The third-order valence-corrected chi connectivity index (χ3v) is 2.84. The van der Waals surface area contributed by atoms with E-state index in [1.165, 1.54) is 19.3 Å². The summed E-state index contributed by atoms with van der Waals surface area (Å²) in [5, 5.41) is 0. The van der Waals surface area contributed by atoms with E-state index in [0.717, 1.165) is 0 Å². The summed E-state index contributed by atoms with van der Waals surface area (Å²) in [6.07, 6.45) is 3.94. The van der Waals surface area contributed by atoms with Crippen LogP contribution in [-0.2, 0) is 4.74 Å². The molecule has 0 aliphatic heterocycles. The van der Waals surface area contributed by atoms with Gasteiger partial charge in [0.1, 0.15) is 0 Å². The highest BCUT2D eigenvalue weighted by molar-refractivity contribution is 4.89. The Balaban J connectivity index is 2.44. The van der Waals surface area contributed by atoms with Crippen LogP contribution < -0.4 is 5.73 Å².